The lowest BCUT2D eigenvalue weighted by molar-refractivity contribution is -0.150. The fraction of sp³-hybridized carbons (Fsp3) is 0.600. The Morgan fingerprint density at radius 3 is 2.57 bits per heavy atom. The van der Waals surface area contributed by atoms with Crippen LogP contribution in [0.5, 0.6) is 0 Å². The van der Waals surface area contributed by atoms with Gasteiger partial charge in [-0.05, 0) is 19.3 Å². The lowest BCUT2D eigenvalue weighted by atomic mass is 9.98. The molecule has 1 aromatic heterocycles. The van der Waals surface area contributed by atoms with Crippen LogP contribution in [0.25, 0.3) is 0 Å². The first-order valence-corrected chi connectivity index (χ1v) is 7.41. The molecule has 1 fully saturated rings. The number of aromatic nitrogens is 2. The zero-order valence-corrected chi connectivity index (χ0v) is 12.8. The summed E-state index contributed by atoms with van der Waals surface area (Å²) in [5, 5.41) is 3.20. The van der Waals surface area contributed by atoms with Crippen molar-refractivity contribution >= 4 is 17.6 Å². The topological polar surface area (TPSA) is 75.2 Å². The monoisotopic (exact) mass is 290 g/mol. The fourth-order valence-corrected chi connectivity index (χ4v) is 2.39. The highest BCUT2D eigenvalue weighted by Gasteiger charge is 2.30. The Balaban J connectivity index is 2.13. The van der Waals surface area contributed by atoms with Crippen molar-refractivity contribution < 1.29 is 9.59 Å². The predicted octanol–water partition coefficient (Wildman–Crippen LogP) is 1.89. The van der Waals surface area contributed by atoms with Gasteiger partial charge in [0.15, 0.2) is 5.82 Å². The summed E-state index contributed by atoms with van der Waals surface area (Å²) >= 11 is 0. The fourth-order valence-electron chi connectivity index (χ4n) is 2.39. The van der Waals surface area contributed by atoms with E-state index in [9.17, 15) is 9.59 Å². The number of anilines is 1. The second-order valence-electron chi connectivity index (χ2n) is 5.62. The van der Waals surface area contributed by atoms with Crippen LogP contribution in [0, 0.1) is 12.8 Å². The number of aryl methyl sites for hydroxylation is 1. The highest BCUT2D eigenvalue weighted by Crippen LogP contribution is 2.20. The minimum Gasteiger partial charge on any atom is -0.370 e. The minimum atomic E-state index is -0.132. The van der Waals surface area contributed by atoms with Gasteiger partial charge in [-0.2, -0.15) is 0 Å². The standard InChI is InChI=1S/C15H22N4O2/c1-4-5-16-12-8-11(3)17-13(18-12)9-19-14(20)6-10(2)7-15(19)21/h8,10H,4-7,9H2,1-3H3,(H,16,17,18). The average molecular weight is 290 g/mol. The molecule has 0 aliphatic carbocycles. The van der Waals surface area contributed by atoms with Crippen molar-refractivity contribution in [3.05, 3.63) is 17.6 Å². The molecule has 1 aromatic rings. The van der Waals surface area contributed by atoms with Crippen LogP contribution < -0.4 is 5.32 Å². The minimum absolute atomic E-state index is 0.126. The van der Waals surface area contributed by atoms with Gasteiger partial charge < -0.3 is 5.32 Å². The largest absolute Gasteiger partial charge is 0.370 e. The first-order chi connectivity index (χ1) is 9.99. The number of carbonyl (C=O) groups is 2. The van der Waals surface area contributed by atoms with Crippen LogP contribution in [0.1, 0.15) is 44.6 Å². The highest BCUT2D eigenvalue weighted by molar-refractivity contribution is 5.97. The van der Waals surface area contributed by atoms with Gasteiger partial charge in [0.2, 0.25) is 11.8 Å². The summed E-state index contributed by atoms with van der Waals surface area (Å²) in [6, 6.07) is 1.86. The molecule has 2 amide bonds. The highest BCUT2D eigenvalue weighted by atomic mass is 16.2. The lowest BCUT2D eigenvalue weighted by Crippen LogP contribution is -2.42. The lowest BCUT2D eigenvalue weighted by Gasteiger charge is -2.27. The molecule has 21 heavy (non-hydrogen) atoms. The number of hydrogen-bond acceptors (Lipinski definition) is 5. The summed E-state index contributed by atoms with van der Waals surface area (Å²) in [6.07, 6.45) is 1.83. The molecule has 1 aliphatic heterocycles. The molecule has 114 valence electrons. The van der Waals surface area contributed by atoms with E-state index < -0.39 is 0 Å². The quantitative estimate of drug-likeness (QED) is 0.838. The Labute approximate surface area is 125 Å². The van der Waals surface area contributed by atoms with Gasteiger partial charge in [-0.15, -0.1) is 0 Å². The Hall–Kier alpha value is -1.98. The van der Waals surface area contributed by atoms with Gasteiger partial charge >= 0.3 is 0 Å². The van der Waals surface area contributed by atoms with Crippen LogP contribution in [0.2, 0.25) is 0 Å². The third-order valence-corrected chi connectivity index (χ3v) is 3.40. The van der Waals surface area contributed by atoms with E-state index in [2.05, 4.69) is 22.2 Å². The zero-order chi connectivity index (χ0) is 15.4. The number of rotatable bonds is 5. The molecular weight excluding hydrogens is 268 g/mol. The van der Waals surface area contributed by atoms with Crippen LogP contribution in [-0.2, 0) is 16.1 Å². The van der Waals surface area contributed by atoms with Gasteiger partial charge in [-0.25, -0.2) is 9.97 Å². The molecule has 0 aromatic carbocycles. The van der Waals surface area contributed by atoms with E-state index in [1.54, 1.807) is 0 Å². The first-order valence-electron chi connectivity index (χ1n) is 7.41. The number of likely N-dealkylation sites (tertiary alicyclic amines) is 1. The maximum Gasteiger partial charge on any atom is 0.229 e. The van der Waals surface area contributed by atoms with Gasteiger partial charge in [0, 0.05) is 31.1 Å². The normalized spacial score (nSPS) is 16.4. The van der Waals surface area contributed by atoms with Gasteiger partial charge in [-0.3, -0.25) is 14.5 Å². The van der Waals surface area contributed by atoms with E-state index >= 15 is 0 Å². The Morgan fingerprint density at radius 1 is 1.29 bits per heavy atom. The van der Waals surface area contributed by atoms with Crippen molar-refractivity contribution in [1.29, 1.82) is 0 Å². The van der Waals surface area contributed by atoms with E-state index in [1.807, 2.05) is 19.9 Å². The molecule has 0 saturated carbocycles. The Morgan fingerprint density at radius 2 is 1.95 bits per heavy atom. The van der Waals surface area contributed by atoms with Crippen molar-refractivity contribution in [2.75, 3.05) is 11.9 Å². The summed E-state index contributed by atoms with van der Waals surface area (Å²) in [5.41, 5.74) is 0.823. The number of hydrogen-bond donors (Lipinski definition) is 1. The zero-order valence-electron chi connectivity index (χ0n) is 12.8. The van der Waals surface area contributed by atoms with Gasteiger partial charge in [0.1, 0.15) is 5.82 Å². The third kappa shape index (κ3) is 4.00. The van der Waals surface area contributed by atoms with E-state index in [4.69, 9.17) is 0 Å². The molecule has 0 bridgehead atoms. The molecular formula is C15H22N4O2. The van der Waals surface area contributed by atoms with Gasteiger partial charge in [0.25, 0.3) is 0 Å². The van der Waals surface area contributed by atoms with Crippen molar-refractivity contribution in [2.24, 2.45) is 5.92 Å². The number of nitrogens with one attached hydrogen (secondary N) is 1. The SMILES string of the molecule is CCCNc1cc(C)nc(CN2C(=O)CC(C)CC2=O)n1. The number of imide groups is 1. The molecule has 0 radical (unpaired) electrons. The molecule has 2 rings (SSSR count). The van der Waals surface area contributed by atoms with Crippen molar-refractivity contribution in [3.63, 3.8) is 0 Å². The van der Waals surface area contributed by atoms with Crippen molar-refractivity contribution in [1.82, 2.24) is 14.9 Å². The first kappa shape index (κ1) is 15.4. The molecule has 0 spiro atoms. The van der Waals surface area contributed by atoms with Crippen LogP contribution >= 0.6 is 0 Å². The summed E-state index contributed by atoms with van der Waals surface area (Å²) in [6.45, 7) is 6.86. The maximum absolute atomic E-state index is 12.0. The summed E-state index contributed by atoms with van der Waals surface area (Å²) < 4.78 is 0. The number of amides is 2. The number of nitrogens with zero attached hydrogens (tertiary/aromatic N) is 3. The molecule has 1 saturated heterocycles. The van der Waals surface area contributed by atoms with Gasteiger partial charge in [0.05, 0.1) is 6.54 Å². The number of piperidine rings is 1. The van der Waals surface area contributed by atoms with Crippen molar-refractivity contribution in [2.45, 2.75) is 46.6 Å². The molecule has 1 aliphatic rings. The summed E-state index contributed by atoms with van der Waals surface area (Å²) in [5.74, 6) is 1.11. The van der Waals surface area contributed by atoms with E-state index in [1.165, 1.54) is 4.90 Å². The van der Waals surface area contributed by atoms with E-state index in [0.29, 0.717) is 18.7 Å². The molecule has 1 N–H and O–H groups in total. The number of carbonyl (C=O) groups excluding carboxylic acids is 2. The third-order valence-electron chi connectivity index (χ3n) is 3.40. The summed E-state index contributed by atoms with van der Waals surface area (Å²) in [4.78, 5) is 34.0. The second kappa shape index (κ2) is 6.65. The van der Waals surface area contributed by atoms with Crippen LogP contribution in [-0.4, -0.2) is 33.2 Å². The molecule has 0 atom stereocenters. The molecule has 6 nitrogen and oxygen atoms in total. The van der Waals surface area contributed by atoms with E-state index in [-0.39, 0.29) is 24.3 Å². The smallest absolute Gasteiger partial charge is 0.229 e. The molecule has 0 unspecified atom stereocenters. The molecule has 2 heterocycles. The summed E-state index contributed by atoms with van der Waals surface area (Å²) in [7, 11) is 0. The Kier molecular flexibility index (Phi) is 4.88. The molecule has 6 heteroatoms. The second-order valence-corrected chi connectivity index (χ2v) is 5.62. The van der Waals surface area contributed by atoms with Crippen molar-refractivity contribution in [3.8, 4) is 0 Å². The van der Waals surface area contributed by atoms with Crippen LogP contribution in [0.15, 0.2) is 6.07 Å². The van der Waals surface area contributed by atoms with E-state index in [0.717, 1.165) is 24.5 Å². The van der Waals surface area contributed by atoms with Crippen LogP contribution in [0.4, 0.5) is 5.82 Å². The maximum atomic E-state index is 12.0. The predicted molar refractivity (Wildman–Crippen MR) is 79.5 cm³/mol. The van der Waals surface area contributed by atoms with Gasteiger partial charge in [-0.1, -0.05) is 13.8 Å². The average Bonchev–Trinajstić information content (AvgIpc) is 2.40. The Bertz CT molecular complexity index is 526. The van der Waals surface area contributed by atoms with Crippen LogP contribution in [0.3, 0.4) is 0 Å².